The molecule has 17 heavy (non-hydrogen) atoms. The van der Waals surface area contributed by atoms with Crippen LogP contribution in [-0.2, 0) is 9.53 Å². The molecule has 0 aromatic heterocycles. The van der Waals surface area contributed by atoms with E-state index in [4.69, 9.17) is 4.74 Å². The number of piperidine rings is 2. The molecule has 0 aliphatic carbocycles. The molecule has 0 aromatic carbocycles. The van der Waals surface area contributed by atoms with E-state index in [2.05, 4.69) is 7.05 Å². The first kappa shape index (κ1) is 15.2. The maximum absolute atomic E-state index is 12.0. The van der Waals surface area contributed by atoms with Gasteiger partial charge in [0.1, 0.15) is 12.0 Å². The van der Waals surface area contributed by atoms with Crippen molar-refractivity contribution < 1.29 is 38.0 Å². The fourth-order valence-corrected chi connectivity index (χ4v) is 3.61. The monoisotopic (exact) mass is 353 g/mol. The van der Waals surface area contributed by atoms with Gasteiger partial charge in [0.25, 0.3) is 0 Å². The van der Waals surface area contributed by atoms with Crippen LogP contribution in [0.15, 0.2) is 0 Å². The molecule has 1 unspecified atom stereocenters. The Morgan fingerprint density at radius 1 is 1.24 bits per heavy atom. The first-order chi connectivity index (χ1) is 7.67. The molecule has 0 N–H and O–H groups in total. The summed E-state index contributed by atoms with van der Waals surface area (Å²) in [7, 11) is 2.33. The summed E-state index contributed by atoms with van der Waals surface area (Å²) in [6.45, 7) is 4.92. The Morgan fingerprint density at radius 2 is 1.94 bits per heavy atom. The van der Waals surface area contributed by atoms with Crippen molar-refractivity contribution in [2.75, 3.05) is 26.7 Å². The molecule has 100 valence electrons. The van der Waals surface area contributed by atoms with Gasteiger partial charge in [-0.1, -0.05) is 0 Å². The highest BCUT2D eigenvalue weighted by atomic mass is 127. The van der Waals surface area contributed by atoms with Crippen molar-refractivity contribution in [3.05, 3.63) is 0 Å². The molecule has 0 saturated carbocycles. The molecule has 3 nitrogen and oxygen atoms in total. The molecule has 3 atom stereocenters. The van der Waals surface area contributed by atoms with Crippen molar-refractivity contribution in [2.24, 2.45) is 5.92 Å². The zero-order chi connectivity index (χ0) is 11.6. The fourth-order valence-electron chi connectivity index (χ4n) is 3.61. The second kappa shape index (κ2) is 6.36. The van der Waals surface area contributed by atoms with E-state index in [-0.39, 0.29) is 35.9 Å². The highest BCUT2D eigenvalue weighted by Crippen LogP contribution is 2.36. The van der Waals surface area contributed by atoms with Crippen molar-refractivity contribution in [1.82, 2.24) is 0 Å². The van der Waals surface area contributed by atoms with Crippen LogP contribution in [0.5, 0.6) is 0 Å². The third kappa shape index (κ3) is 3.13. The van der Waals surface area contributed by atoms with Gasteiger partial charge in [0.15, 0.2) is 0 Å². The SMILES string of the molecule is CCOC(=O)[C@@H]1CCC[N+]2(C)CCCC[C@H]12.[I-]. The number of rotatable bonds is 2. The molecule has 0 amide bonds. The Bertz CT molecular complexity index is 268. The molecule has 0 spiro atoms. The zero-order valence-corrected chi connectivity index (χ0v) is 13.1. The summed E-state index contributed by atoms with van der Waals surface area (Å²) in [4.78, 5) is 12.0. The van der Waals surface area contributed by atoms with E-state index in [0.717, 1.165) is 10.9 Å². The number of fused-ring (bicyclic) bond motifs is 1. The second-order valence-electron chi connectivity index (χ2n) is 5.49. The number of hydrogen-bond acceptors (Lipinski definition) is 2. The summed E-state index contributed by atoms with van der Waals surface area (Å²) < 4.78 is 6.34. The quantitative estimate of drug-likeness (QED) is 0.360. The number of halogens is 1. The van der Waals surface area contributed by atoms with Crippen molar-refractivity contribution in [3.8, 4) is 0 Å². The van der Waals surface area contributed by atoms with Crippen LogP contribution in [-0.4, -0.2) is 43.2 Å². The molecule has 2 aliphatic rings. The van der Waals surface area contributed by atoms with Crippen LogP contribution < -0.4 is 24.0 Å². The predicted octanol–water partition coefficient (Wildman–Crippen LogP) is -1.04. The number of esters is 1. The van der Waals surface area contributed by atoms with Gasteiger partial charge in [0.2, 0.25) is 0 Å². The molecule has 2 rings (SSSR count). The summed E-state index contributed by atoms with van der Waals surface area (Å²) in [5.74, 6) is 0.220. The Hall–Kier alpha value is 0.160. The minimum Gasteiger partial charge on any atom is -1.00 e. The van der Waals surface area contributed by atoms with Gasteiger partial charge in [-0.05, 0) is 32.6 Å². The van der Waals surface area contributed by atoms with Gasteiger partial charge >= 0.3 is 5.97 Å². The minimum absolute atomic E-state index is 0. The first-order valence-electron chi connectivity index (χ1n) is 6.68. The van der Waals surface area contributed by atoms with Gasteiger partial charge in [-0.15, -0.1) is 0 Å². The highest BCUT2D eigenvalue weighted by Gasteiger charge is 2.46. The number of carbonyl (C=O) groups is 1. The lowest BCUT2D eigenvalue weighted by molar-refractivity contribution is -0.945. The van der Waals surface area contributed by atoms with Gasteiger partial charge < -0.3 is 33.2 Å². The van der Waals surface area contributed by atoms with Crippen LogP contribution in [0.2, 0.25) is 0 Å². The summed E-state index contributed by atoms with van der Waals surface area (Å²) in [6, 6.07) is 0.529. The van der Waals surface area contributed by atoms with Crippen molar-refractivity contribution in [2.45, 2.75) is 45.1 Å². The molecule has 0 radical (unpaired) electrons. The Balaban J connectivity index is 0.00000144. The standard InChI is InChI=1S/C13H24NO2.HI/c1-3-16-13(15)11-7-6-10-14(2)9-5-4-8-12(11)14;/h11-12H,3-10H2,1-2H3;1H/q+1;/p-1/t11-,12-,14?;/m1./s1. The van der Waals surface area contributed by atoms with Crippen LogP contribution in [0.1, 0.15) is 39.0 Å². The number of ether oxygens (including phenoxy) is 1. The minimum atomic E-state index is 0. The smallest absolute Gasteiger partial charge is 0.314 e. The Kier molecular flexibility index (Phi) is 5.70. The molecular weight excluding hydrogens is 329 g/mol. The first-order valence-corrected chi connectivity index (χ1v) is 6.68. The van der Waals surface area contributed by atoms with Crippen LogP contribution in [0.3, 0.4) is 0 Å². The third-order valence-electron chi connectivity index (χ3n) is 4.46. The number of hydrogen-bond donors (Lipinski definition) is 0. The van der Waals surface area contributed by atoms with Crippen molar-refractivity contribution in [3.63, 3.8) is 0 Å². The Labute approximate surface area is 121 Å². The average Bonchev–Trinajstić information content (AvgIpc) is 2.27. The number of carbonyl (C=O) groups excluding carboxylic acids is 1. The normalized spacial score (nSPS) is 36.6. The molecule has 4 heteroatoms. The highest BCUT2D eigenvalue weighted by molar-refractivity contribution is 5.73. The Morgan fingerprint density at radius 3 is 2.65 bits per heavy atom. The lowest BCUT2D eigenvalue weighted by atomic mass is 9.81. The molecule has 2 aliphatic heterocycles. The summed E-state index contributed by atoms with van der Waals surface area (Å²) >= 11 is 0. The van der Waals surface area contributed by atoms with E-state index in [1.165, 1.54) is 38.8 Å². The molecular formula is C13H24INO2. The van der Waals surface area contributed by atoms with Crippen LogP contribution in [0.4, 0.5) is 0 Å². The summed E-state index contributed by atoms with van der Waals surface area (Å²) in [6.07, 6.45) is 6.03. The summed E-state index contributed by atoms with van der Waals surface area (Å²) in [5.41, 5.74) is 0. The van der Waals surface area contributed by atoms with Crippen LogP contribution in [0, 0.1) is 5.92 Å². The van der Waals surface area contributed by atoms with Gasteiger partial charge in [0, 0.05) is 6.42 Å². The van der Waals surface area contributed by atoms with Crippen LogP contribution in [0.25, 0.3) is 0 Å². The molecule has 2 fully saturated rings. The fraction of sp³-hybridized carbons (Fsp3) is 0.923. The van der Waals surface area contributed by atoms with Gasteiger partial charge in [0.05, 0.1) is 26.7 Å². The molecule has 0 bridgehead atoms. The van der Waals surface area contributed by atoms with E-state index < -0.39 is 0 Å². The van der Waals surface area contributed by atoms with E-state index in [9.17, 15) is 4.79 Å². The number of quaternary nitrogens is 1. The maximum Gasteiger partial charge on any atom is 0.314 e. The maximum atomic E-state index is 12.0. The van der Waals surface area contributed by atoms with E-state index in [0.29, 0.717) is 12.6 Å². The van der Waals surface area contributed by atoms with E-state index in [1.807, 2.05) is 6.92 Å². The van der Waals surface area contributed by atoms with E-state index >= 15 is 0 Å². The van der Waals surface area contributed by atoms with Gasteiger partial charge in [-0.3, -0.25) is 4.79 Å². The molecule has 0 aromatic rings. The predicted molar refractivity (Wildman–Crippen MR) is 62.9 cm³/mol. The molecule has 2 saturated heterocycles. The van der Waals surface area contributed by atoms with Crippen molar-refractivity contribution >= 4 is 5.97 Å². The van der Waals surface area contributed by atoms with Gasteiger partial charge in [-0.25, -0.2) is 0 Å². The molecule has 2 heterocycles. The topological polar surface area (TPSA) is 26.3 Å². The zero-order valence-electron chi connectivity index (χ0n) is 11.0. The average molecular weight is 353 g/mol. The van der Waals surface area contributed by atoms with E-state index in [1.54, 1.807) is 0 Å². The lowest BCUT2D eigenvalue weighted by Gasteiger charge is -2.50. The lowest BCUT2D eigenvalue weighted by Crippen LogP contribution is -3.00. The van der Waals surface area contributed by atoms with Crippen molar-refractivity contribution in [1.29, 1.82) is 0 Å². The second-order valence-corrected chi connectivity index (χ2v) is 5.49. The van der Waals surface area contributed by atoms with Crippen LogP contribution >= 0.6 is 0 Å². The largest absolute Gasteiger partial charge is 1.00 e. The van der Waals surface area contributed by atoms with Gasteiger partial charge in [-0.2, -0.15) is 0 Å². The third-order valence-corrected chi connectivity index (χ3v) is 4.46. The number of nitrogens with zero attached hydrogens (tertiary/aromatic N) is 1. The summed E-state index contributed by atoms with van der Waals surface area (Å²) in [5, 5.41) is 0.